The molecule has 0 aliphatic rings. The fraction of sp³-hybridized carbons (Fsp3) is 0.414. The Kier molecular flexibility index (Phi) is 8.75. The number of pyridine rings is 1. The number of hydrogen-bond acceptors (Lipinski definition) is 8. The molecule has 0 unspecified atom stereocenters. The van der Waals surface area contributed by atoms with Gasteiger partial charge in [0.1, 0.15) is 12.3 Å². The number of nitrogens with zero attached hydrogens (tertiary/aromatic N) is 5. The van der Waals surface area contributed by atoms with Gasteiger partial charge in [0.05, 0.1) is 19.8 Å². The molecule has 2 heterocycles. The van der Waals surface area contributed by atoms with E-state index in [1.165, 1.54) is 4.68 Å². The van der Waals surface area contributed by atoms with E-state index in [4.69, 9.17) is 9.47 Å². The van der Waals surface area contributed by atoms with E-state index in [1.807, 2.05) is 43.3 Å². The maximum Gasteiger partial charge on any atom is 0.327 e. The number of rotatable bonds is 11. The third-order valence-electron chi connectivity index (χ3n) is 6.89. The van der Waals surface area contributed by atoms with E-state index in [-0.39, 0.29) is 30.7 Å². The second-order valence-electron chi connectivity index (χ2n) is 10.1. The minimum Gasteiger partial charge on any atom is -0.497 e. The maximum absolute atomic E-state index is 13.3. The van der Waals surface area contributed by atoms with Gasteiger partial charge in [0.2, 0.25) is 0 Å². The molecule has 0 fully saturated rings. The first-order chi connectivity index (χ1) is 18.7. The first kappa shape index (κ1) is 28.0. The zero-order valence-electron chi connectivity index (χ0n) is 23.4. The average Bonchev–Trinajstić information content (AvgIpc) is 3.33. The van der Waals surface area contributed by atoms with Crippen LogP contribution in [-0.4, -0.2) is 49.8 Å². The minimum atomic E-state index is -0.410. The van der Waals surface area contributed by atoms with Crippen LogP contribution in [0.1, 0.15) is 54.9 Å². The molecule has 1 atom stereocenters. The number of aromatic nitrogens is 5. The number of fused-ring (bicyclic) bond motifs is 1. The van der Waals surface area contributed by atoms with Crippen molar-refractivity contribution >= 4 is 16.9 Å². The largest absolute Gasteiger partial charge is 0.497 e. The van der Waals surface area contributed by atoms with E-state index in [1.54, 1.807) is 14.0 Å². The number of aromatic amines is 1. The maximum atomic E-state index is 13.3. The number of aryl methyl sites for hydroxylation is 2. The normalized spacial score (nSPS) is 12.3. The van der Waals surface area contributed by atoms with Crippen LogP contribution >= 0.6 is 0 Å². The Morgan fingerprint density at radius 2 is 1.79 bits per heavy atom. The Morgan fingerprint density at radius 3 is 2.46 bits per heavy atom. The van der Waals surface area contributed by atoms with Crippen LogP contribution in [-0.2, 0) is 29.2 Å². The Morgan fingerprint density at radius 1 is 1.08 bits per heavy atom. The Labute approximate surface area is 227 Å². The molecule has 0 aliphatic carbocycles. The van der Waals surface area contributed by atoms with Gasteiger partial charge in [-0.25, -0.2) is 4.68 Å². The van der Waals surface area contributed by atoms with Crippen LogP contribution in [0.15, 0.2) is 47.3 Å². The SMILES string of the molecule is CCOC(=O)Cn1nnnc1[C@@H](C(C)C)N(Cc1ccc(OC)cc1)Cc1cc2cc(C)c(C)cc2[nH]c1=O. The summed E-state index contributed by atoms with van der Waals surface area (Å²) in [7, 11) is 1.63. The Hall–Kier alpha value is -4.05. The highest BCUT2D eigenvalue weighted by atomic mass is 16.5. The number of methoxy groups -OCH3 is 1. The number of H-pyrrole nitrogens is 1. The molecule has 4 rings (SSSR count). The monoisotopic (exact) mass is 532 g/mol. The summed E-state index contributed by atoms with van der Waals surface area (Å²) in [5.41, 5.74) is 4.63. The van der Waals surface area contributed by atoms with E-state index in [9.17, 15) is 9.59 Å². The highest BCUT2D eigenvalue weighted by molar-refractivity contribution is 5.80. The van der Waals surface area contributed by atoms with E-state index >= 15 is 0 Å². The number of ether oxygens (including phenoxy) is 2. The van der Waals surface area contributed by atoms with Crippen LogP contribution in [0, 0.1) is 19.8 Å². The summed E-state index contributed by atoms with van der Waals surface area (Å²) in [6.07, 6.45) is 0. The lowest BCUT2D eigenvalue weighted by Gasteiger charge is -2.33. The van der Waals surface area contributed by atoms with Crippen LogP contribution in [0.25, 0.3) is 10.9 Å². The van der Waals surface area contributed by atoms with Crippen LogP contribution in [0.3, 0.4) is 0 Å². The van der Waals surface area contributed by atoms with Crippen molar-refractivity contribution in [1.29, 1.82) is 0 Å². The second kappa shape index (κ2) is 12.2. The lowest BCUT2D eigenvalue weighted by molar-refractivity contribution is -0.144. The van der Waals surface area contributed by atoms with Crippen LogP contribution in [0.2, 0.25) is 0 Å². The predicted molar refractivity (Wildman–Crippen MR) is 148 cm³/mol. The molecule has 206 valence electrons. The van der Waals surface area contributed by atoms with E-state index < -0.39 is 5.97 Å². The lowest BCUT2D eigenvalue weighted by atomic mass is 9.99. The van der Waals surface area contributed by atoms with Gasteiger partial charge in [-0.3, -0.25) is 14.5 Å². The lowest BCUT2D eigenvalue weighted by Crippen LogP contribution is -2.35. The molecule has 0 spiro atoms. The van der Waals surface area contributed by atoms with Gasteiger partial charge in [0.25, 0.3) is 5.56 Å². The van der Waals surface area contributed by atoms with Gasteiger partial charge in [-0.2, -0.15) is 0 Å². The average molecular weight is 533 g/mol. The van der Waals surface area contributed by atoms with Crippen molar-refractivity contribution in [2.24, 2.45) is 5.92 Å². The molecule has 0 aliphatic heterocycles. The number of carbonyl (C=O) groups is 1. The van der Waals surface area contributed by atoms with Crippen molar-refractivity contribution in [3.63, 3.8) is 0 Å². The number of tetrazole rings is 1. The summed E-state index contributed by atoms with van der Waals surface area (Å²) in [4.78, 5) is 30.8. The zero-order valence-corrected chi connectivity index (χ0v) is 23.4. The molecule has 0 saturated carbocycles. The van der Waals surface area contributed by atoms with Crippen LogP contribution < -0.4 is 10.3 Å². The molecule has 2 aromatic heterocycles. The highest BCUT2D eigenvalue weighted by Gasteiger charge is 2.30. The van der Waals surface area contributed by atoms with Crippen molar-refractivity contribution in [3.8, 4) is 5.75 Å². The fourth-order valence-electron chi connectivity index (χ4n) is 4.82. The number of hydrogen-bond donors (Lipinski definition) is 1. The zero-order chi connectivity index (χ0) is 28.1. The molecular formula is C29H36N6O4. The summed E-state index contributed by atoms with van der Waals surface area (Å²) < 4.78 is 11.9. The Bertz CT molecular complexity index is 1490. The molecule has 10 heteroatoms. The first-order valence-corrected chi connectivity index (χ1v) is 13.1. The third-order valence-corrected chi connectivity index (χ3v) is 6.89. The summed E-state index contributed by atoms with van der Waals surface area (Å²) >= 11 is 0. The summed E-state index contributed by atoms with van der Waals surface area (Å²) in [5, 5.41) is 13.3. The van der Waals surface area contributed by atoms with Crippen molar-refractivity contribution in [1.82, 2.24) is 30.1 Å². The summed E-state index contributed by atoms with van der Waals surface area (Å²) in [6.45, 7) is 11.1. The van der Waals surface area contributed by atoms with Gasteiger partial charge in [0, 0.05) is 24.2 Å². The third kappa shape index (κ3) is 6.51. The number of esters is 1. The van der Waals surface area contributed by atoms with Gasteiger partial charge in [-0.1, -0.05) is 26.0 Å². The van der Waals surface area contributed by atoms with E-state index in [0.29, 0.717) is 24.5 Å². The highest BCUT2D eigenvalue weighted by Crippen LogP contribution is 2.31. The summed E-state index contributed by atoms with van der Waals surface area (Å²) in [6, 6.07) is 13.6. The molecule has 0 saturated heterocycles. The first-order valence-electron chi connectivity index (χ1n) is 13.1. The van der Waals surface area contributed by atoms with Crippen LogP contribution in [0.5, 0.6) is 5.75 Å². The standard InChI is InChI=1S/C29H36N6O4/c1-7-39-26(36)17-35-28(31-32-33-35)27(18(2)3)34(15-21-8-10-24(38-6)11-9-21)16-23-14-22-12-19(4)20(5)13-25(22)30-29(23)37/h8-14,18,27H,7,15-17H2,1-6H3,(H,30,37)/t27-/m1/s1. The molecule has 4 aromatic rings. The van der Waals surface area contributed by atoms with Crippen LogP contribution in [0.4, 0.5) is 0 Å². The molecule has 0 bridgehead atoms. The van der Waals surface area contributed by atoms with Crippen molar-refractivity contribution in [2.75, 3.05) is 13.7 Å². The van der Waals surface area contributed by atoms with Crippen molar-refractivity contribution < 1.29 is 14.3 Å². The predicted octanol–water partition coefficient (Wildman–Crippen LogP) is 4.10. The number of carbonyl (C=O) groups excluding carboxylic acids is 1. The van der Waals surface area contributed by atoms with Crippen molar-refractivity contribution in [2.45, 2.75) is 60.3 Å². The van der Waals surface area contributed by atoms with Gasteiger partial charge in [-0.15, -0.1) is 5.10 Å². The minimum absolute atomic E-state index is 0.0552. The quantitative estimate of drug-likeness (QED) is 0.287. The molecule has 0 amide bonds. The fourth-order valence-corrected chi connectivity index (χ4v) is 4.82. The molecule has 2 aromatic carbocycles. The topological polar surface area (TPSA) is 115 Å². The van der Waals surface area contributed by atoms with Gasteiger partial charge >= 0.3 is 5.97 Å². The van der Waals surface area contributed by atoms with Gasteiger partial charge < -0.3 is 14.5 Å². The van der Waals surface area contributed by atoms with Gasteiger partial charge in [0.15, 0.2) is 5.82 Å². The molecule has 0 radical (unpaired) electrons. The Balaban J connectivity index is 1.77. The summed E-state index contributed by atoms with van der Waals surface area (Å²) in [5.74, 6) is 0.947. The number of benzene rings is 2. The number of nitrogens with one attached hydrogen (secondary N) is 1. The molecule has 1 N–H and O–H groups in total. The van der Waals surface area contributed by atoms with E-state index in [2.05, 4.69) is 52.2 Å². The van der Waals surface area contributed by atoms with Gasteiger partial charge in [-0.05, 0) is 89.5 Å². The van der Waals surface area contributed by atoms with Crippen molar-refractivity contribution in [3.05, 3.63) is 80.9 Å². The second-order valence-corrected chi connectivity index (χ2v) is 10.1. The molecule has 10 nitrogen and oxygen atoms in total. The molecule has 39 heavy (non-hydrogen) atoms. The molecular weight excluding hydrogens is 496 g/mol. The van der Waals surface area contributed by atoms with E-state index in [0.717, 1.165) is 33.3 Å². The smallest absolute Gasteiger partial charge is 0.327 e.